The third-order valence-corrected chi connectivity index (χ3v) is 4.34. The molecule has 1 atom stereocenters. The Hall–Kier alpha value is -2.28. The number of hydrogen-bond acceptors (Lipinski definition) is 5. The highest BCUT2D eigenvalue weighted by molar-refractivity contribution is 5.93. The molecule has 2 aliphatic rings. The van der Waals surface area contributed by atoms with Gasteiger partial charge in [0.05, 0.1) is 12.6 Å². The molecule has 7 nitrogen and oxygen atoms in total. The Morgan fingerprint density at radius 3 is 2.83 bits per heavy atom. The van der Waals surface area contributed by atoms with Crippen LogP contribution in [0, 0.1) is 0 Å². The second-order valence-electron chi connectivity index (χ2n) is 5.99. The molecular formula is C16H20N2O5. The third kappa shape index (κ3) is 3.24. The summed E-state index contributed by atoms with van der Waals surface area (Å²) < 4.78 is 11.2. The summed E-state index contributed by atoms with van der Waals surface area (Å²) in [7, 11) is 0. The van der Waals surface area contributed by atoms with Gasteiger partial charge in [0.25, 0.3) is 5.91 Å². The molecule has 3 rings (SSSR count). The van der Waals surface area contributed by atoms with Crippen molar-refractivity contribution in [3.63, 3.8) is 0 Å². The monoisotopic (exact) mass is 320 g/mol. The summed E-state index contributed by atoms with van der Waals surface area (Å²) in [5.41, 5.74) is 2.69. The highest BCUT2D eigenvalue weighted by atomic mass is 16.6. The van der Waals surface area contributed by atoms with Crippen LogP contribution in [0.3, 0.4) is 0 Å². The van der Waals surface area contributed by atoms with Crippen LogP contribution < -0.4 is 10.2 Å². The van der Waals surface area contributed by atoms with E-state index in [2.05, 4.69) is 0 Å². The van der Waals surface area contributed by atoms with Crippen LogP contribution in [-0.2, 0) is 11.3 Å². The number of nitrogens with zero attached hydrogens (tertiary/aromatic N) is 1. The molecule has 23 heavy (non-hydrogen) atoms. The van der Waals surface area contributed by atoms with Gasteiger partial charge in [0.1, 0.15) is 18.5 Å². The first kappa shape index (κ1) is 15.6. The largest absolute Gasteiger partial charge is 0.491 e. The summed E-state index contributed by atoms with van der Waals surface area (Å²) in [5.74, 6) is -0.0631. The van der Waals surface area contributed by atoms with Gasteiger partial charge in [0.15, 0.2) is 0 Å². The molecule has 2 amide bonds. The van der Waals surface area contributed by atoms with Crippen molar-refractivity contribution in [1.29, 1.82) is 0 Å². The Kier molecular flexibility index (Phi) is 4.38. The Bertz CT molecular complexity index is 614. The minimum absolute atomic E-state index is 0.0361. The van der Waals surface area contributed by atoms with Gasteiger partial charge in [0, 0.05) is 11.1 Å². The first-order chi connectivity index (χ1) is 11.1. The number of ether oxygens (including phenoxy) is 2. The molecule has 1 aromatic rings. The fraction of sp³-hybridized carbons (Fsp3) is 0.500. The Morgan fingerprint density at radius 1 is 1.39 bits per heavy atom. The lowest BCUT2D eigenvalue weighted by atomic mass is 9.96. The predicted octanol–water partition coefficient (Wildman–Crippen LogP) is 2.08. The van der Waals surface area contributed by atoms with Gasteiger partial charge in [-0.2, -0.15) is 0 Å². The zero-order chi connectivity index (χ0) is 16.4. The number of hydroxylamine groups is 1. The Labute approximate surface area is 134 Å². The van der Waals surface area contributed by atoms with E-state index in [1.807, 2.05) is 6.92 Å². The van der Waals surface area contributed by atoms with Gasteiger partial charge in [0.2, 0.25) is 0 Å². The number of rotatable bonds is 2. The zero-order valence-electron chi connectivity index (χ0n) is 12.9. The second kappa shape index (κ2) is 6.45. The summed E-state index contributed by atoms with van der Waals surface area (Å²) in [6.45, 7) is 2.58. The van der Waals surface area contributed by atoms with Crippen LogP contribution in [0.15, 0.2) is 18.2 Å². The van der Waals surface area contributed by atoms with E-state index in [0.29, 0.717) is 24.5 Å². The molecule has 0 unspecified atom stereocenters. The molecule has 1 aromatic carbocycles. The highest BCUT2D eigenvalue weighted by Crippen LogP contribution is 2.28. The van der Waals surface area contributed by atoms with Crippen molar-refractivity contribution in [1.82, 2.24) is 10.4 Å². The van der Waals surface area contributed by atoms with Crippen LogP contribution in [0.2, 0.25) is 0 Å². The fourth-order valence-corrected chi connectivity index (χ4v) is 2.61. The molecule has 0 bridgehead atoms. The summed E-state index contributed by atoms with van der Waals surface area (Å²) >= 11 is 0. The van der Waals surface area contributed by atoms with Crippen LogP contribution >= 0.6 is 0 Å². The number of fused-ring (bicyclic) bond motifs is 1. The normalized spacial score (nSPS) is 20.6. The molecule has 0 saturated heterocycles. The summed E-state index contributed by atoms with van der Waals surface area (Å²) in [6, 6.07) is 4.74. The van der Waals surface area contributed by atoms with Gasteiger partial charge < -0.3 is 9.47 Å². The lowest BCUT2D eigenvalue weighted by Crippen LogP contribution is -2.42. The van der Waals surface area contributed by atoms with Gasteiger partial charge in [-0.25, -0.2) is 10.3 Å². The third-order valence-electron chi connectivity index (χ3n) is 4.34. The van der Waals surface area contributed by atoms with Gasteiger partial charge >= 0.3 is 6.09 Å². The maximum absolute atomic E-state index is 12.3. The molecule has 0 radical (unpaired) electrons. The van der Waals surface area contributed by atoms with Crippen molar-refractivity contribution < 1.29 is 24.3 Å². The first-order valence-corrected chi connectivity index (χ1v) is 7.76. The summed E-state index contributed by atoms with van der Waals surface area (Å²) in [6.07, 6.45) is 2.68. The topological polar surface area (TPSA) is 88.1 Å². The SMILES string of the molecule is C[C@H]1COc2cc(C(=O)NO)ccc2CN1C(=O)OC1CCC1. The average molecular weight is 320 g/mol. The molecule has 1 aliphatic carbocycles. The second-order valence-corrected chi connectivity index (χ2v) is 5.99. The van der Waals surface area contributed by atoms with E-state index in [1.54, 1.807) is 28.6 Å². The zero-order valence-corrected chi connectivity index (χ0v) is 12.9. The fourth-order valence-electron chi connectivity index (χ4n) is 2.61. The number of nitrogens with one attached hydrogen (secondary N) is 1. The van der Waals surface area contributed by atoms with Crippen molar-refractivity contribution in [3.8, 4) is 5.75 Å². The number of benzene rings is 1. The van der Waals surface area contributed by atoms with Crippen molar-refractivity contribution in [2.24, 2.45) is 0 Å². The Morgan fingerprint density at radius 2 is 2.17 bits per heavy atom. The van der Waals surface area contributed by atoms with Crippen molar-refractivity contribution in [3.05, 3.63) is 29.3 Å². The number of carbonyl (C=O) groups is 2. The molecule has 124 valence electrons. The van der Waals surface area contributed by atoms with E-state index in [4.69, 9.17) is 14.7 Å². The number of amides is 2. The van der Waals surface area contributed by atoms with Gasteiger partial charge in [-0.3, -0.25) is 14.9 Å². The maximum Gasteiger partial charge on any atom is 0.410 e. The molecule has 1 aliphatic heterocycles. The van der Waals surface area contributed by atoms with Gasteiger partial charge in [-0.05, 0) is 38.3 Å². The number of carbonyl (C=O) groups excluding carboxylic acids is 2. The minimum Gasteiger partial charge on any atom is -0.491 e. The van der Waals surface area contributed by atoms with Crippen molar-refractivity contribution >= 4 is 12.0 Å². The minimum atomic E-state index is -0.602. The van der Waals surface area contributed by atoms with E-state index in [-0.39, 0.29) is 18.2 Å². The molecule has 0 spiro atoms. The van der Waals surface area contributed by atoms with Crippen LogP contribution in [0.5, 0.6) is 5.75 Å². The maximum atomic E-state index is 12.3. The van der Waals surface area contributed by atoms with Crippen LogP contribution in [0.1, 0.15) is 42.1 Å². The van der Waals surface area contributed by atoms with Gasteiger partial charge in [-0.1, -0.05) is 6.07 Å². The molecule has 7 heteroatoms. The average Bonchev–Trinajstić information content (AvgIpc) is 2.69. The molecular weight excluding hydrogens is 300 g/mol. The molecule has 1 heterocycles. The lowest BCUT2D eigenvalue weighted by molar-refractivity contribution is 0.0157. The summed E-state index contributed by atoms with van der Waals surface area (Å²) in [4.78, 5) is 25.5. The van der Waals surface area contributed by atoms with Crippen LogP contribution in [0.25, 0.3) is 0 Å². The first-order valence-electron chi connectivity index (χ1n) is 7.76. The van der Waals surface area contributed by atoms with Gasteiger partial charge in [-0.15, -0.1) is 0 Å². The van der Waals surface area contributed by atoms with Crippen LogP contribution in [0.4, 0.5) is 4.79 Å². The van der Waals surface area contributed by atoms with Crippen molar-refractivity contribution in [2.45, 2.75) is 44.9 Å². The Balaban J connectivity index is 1.77. The molecule has 1 fully saturated rings. The number of hydrogen-bond donors (Lipinski definition) is 2. The molecule has 0 aromatic heterocycles. The highest BCUT2D eigenvalue weighted by Gasteiger charge is 2.30. The smallest absolute Gasteiger partial charge is 0.410 e. The van der Waals surface area contributed by atoms with Crippen LogP contribution in [-0.4, -0.2) is 40.9 Å². The van der Waals surface area contributed by atoms with E-state index < -0.39 is 5.91 Å². The molecule has 1 saturated carbocycles. The summed E-state index contributed by atoms with van der Waals surface area (Å²) in [5, 5.41) is 8.71. The van der Waals surface area contributed by atoms with E-state index in [1.165, 1.54) is 0 Å². The van der Waals surface area contributed by atoms with E-state index in [0.717, 1.165) is 24.8 Å². The molecule has 2 N–H and O–H groups in total. The van der Waals surface area contributed by atoms with E-state index >= 15 is 0 Å². The lowest BCUT2D eigenvalue weighted by Gasteiger charge is -2.31. The quantitative estimate of drug-likeness (QED) is 0.643. The van der Waals surface area contributed by atoms with Crippen molar-refractivity contribution in [2.75, 3.05) is 6.61 Å². The predicted molar refractivity (Wildman–Crippen MR) is 80.3 cm³/mol. The standard InChI is InChI=1S/C16H20N2O5/c1-10-9-22-14-7-11(15(19)17-21)5-6-12(14)8-18(10)16(20)23-13-3-2-4-13/h5-7,10,13,21H,2-4,8-9H2,1H3,(H,17,19)/t10-/m0/s1. The van der Waals surface area contributed by atoms with E-state index in [9.17, 15) is 9.59 Å².